The number of halogens is 1. The number of nitrogens with zero attached hydrogens (tertiary/aromatic N) is 1. The molecule has 6 heteroatoms. The first kappa shape index (κ1) is 15.7. The van der Waals surface area contributed by atoms with Crippen molar-refractivity contribution >= 4 is 5.97 Å². The van der Waals surface area contributed by atoms with E-state index in [0.29, 0.717) is 28.5 Å². The Morgan fingerprint density at radius 3 is 2.71 bits per heavy atom. The van der Waals surface area contributed by atoms with E-state index in [9.17, 15) is 9.18 Å². The number of rotatable bonds is 6. The highest BCUT2D eigenvalue weighted by Crippen LogP contribution is 2.20. The minimum atomic E-state index is -0.879. The summed E-state index contributed by atoms with van der Waals surface area (Å²) in [6, 6.07) is 12.8. The number of oxazole rings is 1. The van der Waals surface area contributed by atoms with E-state index in [2.05, 4.69) is 4.98 Å². The van der Waals surface area contributed by atoms with Gasteiger partial charge in [0.15, 0.2) is 0 Å². The molecule has 0 aliphatic carbocycles. The highest BCUT2D eigenvalue weighted by Gasteiger charge is 2.08. The molecule has 3 aromatic rings. The van der Waals surface area contributed by atoms with Gasteiger partial charge in [-0.25, -0.2) is 9.37 Å². The number of hydrogen-bond acceptors (Lipinski definition) is 4. The summed E-state index contributed by atoms with van der Waals surface area (Å²) in [6.07, 6.45) is 1.43. The zero-order valence-corrected chi connectivity index (χ0v) is 12.6. The van der Waals surface area contributed by atoms with Crippen LogP contribution in [0.25, 0.3) is 11.5 Å². The van der Waals surface area contributed by atoms with Gasteiger partial charge in [-0.2, -0.15) is 0 Å². The lowest BCUT2D eigenvalue weighted by atomic mass is 10.1. The largest absolute Gasteiger partial charge is 0.487 e. The van der Waals surface area contributed by atoms with Crippen LogP contribution >= 0.6 is 0 Å². The second kappa shape index (κ2) is 6.95. The van der Waals surface area contributed by atoms with Crippen molar-refractivity contribution in [1.29, 1.82) is 0 Å². The Hall–Kier alpha value is -3.15. The second-order valence-electron chi connectivity index (χ2n) is 5.16. The van der Waals surface area contributed by atoms with E-state index >= 15 is 0 Å². The molecule has 1 heterocycles. The molecule has 0 bridgehead atoms. The van der Waals surface area contributed by atoms with Crippen molar-refractivity contribution in [2.24, 2.45) is 0 Å². The summed E-state index contributed by atoms with van der Waals surface area (Å²) in [4.78, 5) is 14.9. The number of aliphatic carboxylic acids is 1. The van der Waals surface area contributed by atoms with Gasteiger partial charge in [-0.1, -0.05) is 18.2 Å². The quantitative estimate of drug-likeness (QED) is 0.747. The molecule has 0 aliphatic rings. The molecule has 24 heavy (non-hydrogen) atoms. The molecule has 0 fully saturated rings. The van der Waals surface area contributed by atoms with Gasteiger partial charge in [0.1, 0.15) is 30.1 Å². The van der Waals surface area contributed by atoms with Crippen molar-refractivity contribution in [1.82, 2.24) is 4.98 Å². The maximum atomic E-state index is 13.2. The smallest absolute Gasteiger partial charge is 0.307 e. The summed E-state index contributed by atoms with van der Waals surface area (Å²) in [7, 11) is 0. The predicted octanol–water partition coefficient (Wildman–Crippen LogP) is 3.69. The second-order valence-corrected chi connectivity index (χ2v) is 5.16. The first-order valence-corrected chi connectivity index (χ1v) is 7.24. The van der Waals surface area contributed by atoms with Gasteiger partial charge in [-0.3, -0.25) is 4.79 Å². The van der Waals surface area contributed by atoms with Gasteiger partial charge in [0, 0.05) is 5.56 Å². The molecule has 0 aliphatic heterocycles. The molecule has 0 spiro atoms. The van der Waals surface area contributed by atoms with Crippen LogP contribution in [-0.2, 0) is 17.8 Å². The fourth-order valence-electron chi connectivity index (χ4n) is 2.16. The van der Waals surface area contributed by atoms with E-state index in [0.717, 1.165) is 0 Å². The molecular formula is C18H14FNO4. The van der Waals surface area contributed by atoms with Crippen LogP contribution in [0.15, 0.2) is 59.2 Å². The highest BCUT2D eigenvalue weighted by molar-refractivity contribution is 5.70. The monoisotopic (exact) mass is 327 g/mol. The lowest BCUT2D eigenvalue weighted by Gasteiger charge is -2.04. The SMILES string of the molecule is O=C(O)Cc1ccc(OCc2coc(-c3cccc(F)c3)n2)cc1. The van der Waals surface area contributed by atoms with Crippen LogP contribution in [0.1, 0.15) is 11.3 Å². The Kier molecular flexibility index (Phi) is 4.56. The predicted molar refractivity (Wildman–Crippen MR) is 84.0 cm³/mol. The third-order valence-corrected chi connectivity index (χ3v) is 3.29. The molecule has 0 amide bonds. The lowest BCUT2D eigenvalue weighted by molar-refractivity contribution is -0.136. The van der Waals surface area contributed by atoms with Crippen LogP contribution in [-0.4, -0.2) is 16.1 Å². The Morgan fingerprint density at radius 2 is 2.00 bits per heavy atom. The first-order valence-electron chi connectivity index (χ1n) is 7.24. The molecule has 0 radical (unpaired) electrons. The molecule has 0 unspecified atom stereocenters. The van der Waals surface area contributed by atoms with Crippen LogP contribution in [0.5, 0.6) is 5.75 Å². The van der Waals surface area contributed by atoms with E-state index < -0.39 is 5.97 Å². The van der Waals surface area contributed by atoms with Gasteiger partial charge in [0.2, 0.25) is 5.89 Å². The molecule has 0 saturated heterocycles. The summed E-state index contributed by atoms with van der Waals surface area (Å²) < 4.78 is 24.1. The van der Waals surface area contributed by atoms with Gasteiger partial charge in [0.05, 0.1) is 6.42 Å². The van der Waals surface area contributed by atoms with Crippen molar-refractivity contribution in [3.63, 3.8) is 0 Å². The first-order chi connectivity index (χ1) is 11.6. The summed E-state index contributed by atoms with van der Waals surface area (Å²) >= 11 is 0. The number of carboxylic acid groups (broad SMARTS) is 1. The number of carboxylic acids is 1. The van der Waals surface area contributed by atoms with E-state index in [1.54, 1.807) is 36.4 Å². The third-order valence-electron chi connectivity index (χ3n) is 3.29. The maximum Gasteiger partial charge on any atom is 0.307 e. The molecule has 5 nitrogen and oxygen atoms in total. The van der Waals surface area contributed by atoms with Crippen molar-refractivity contribution in [2.75, 3.05) is 0 Å². The molecule has 2 aromatic carbocycles. The Balaban J connectivity index is 1.62. The highest BCUT2D eigenvalue weighted by atomic mass is 19.1. The fourth-order valence-corrected chi connectivity index (χ4v) is 2.16. The van der Waals surface area contributed by atoms with Gasteiger partial charge >= 0.3 is 5.97 Å². The van der Waals surface area contributed by atoms with E-state index in [-0.39, 0.29) is 18.8 Å². The van der Waals surface area contributed by atoms with Crippen LogP contribution in [0.3, 0.4) is 0 Å². The number of ether oxygens (including phenoxy) is 1. The summed E-state index contributed by atoms with van der Waals surface area (Å²) in [5.41, 5.74) is 1.83. The Labute approximate surface area is 137 Å². The zero-order valence-electron chi connectivity index (χ0n) is 12.6. The number of benzene rings is 2. The van der Waals surface area contributed by atoms with E-state index in [1.165, 1.54) is 18.4 Å². The Morgan fingerprint density at radius 1 is 1.21 bits per heavy atom. The Bertz CT molecular complexity index is 842. The molecule has 122 valence electrons. The zero-order chi connectivity index (χ0) is 16.9. The van der Waals surface area contributed by atoms with E-state index in [4.69, 9.17) is 14.3 Å². The van der Waals surface area contributed by atoms with Gasteiger partial charge in [-0.05, 0) is 35.9 Å². The molecule has 1 N–H and O–H groups in total. The fraction of sp³-hybridized carbons (Fsp3) is 0.111. The van der Waals surface area contributed by atoms with Crippen LogP contribution < -0.4 is 4.74 Å². The average molecular weight is 327 g/mol. The van der Waals surface area contributed by atoms with Gasteiger partial charge in [-0.15, -0.1) is 0 Å². The molecule has 1 aromatic heterocycles. The lowest BCUT2D eigenvalue weighted by Crippen LogP contribution is -2.00. The molecule has 0 atom stereocenters. The summed E-state index contributed by atoms with van der Waals surface area (Å²) in [5, 5.41) is 8.73. The van der Waals surface area contributed by atoms with Crippen molar-refractivity contribution in [2.45, 2.75) is 13.0 Å². The van der Waals surface area contributed by atoms with Crippen LogP contribution in [0.2, 0.25) is 0 Å². The molecular weight excluding hydrogens is 313 g/mol. The standard InChI is InChI=1S/C18H14FNO4/c19-14-3-1-2-13(9-14)18-20-15(11-24-18)10-23-16-6-4-12(5-7-16)8-17(21)22/h1-7,9,11H,8,10H2,(H,21,22). The summed E-state index contributed by atoms with van der Waals surface area (Å²) in [6.45, 7) is 0.192. The number of aromatic nitrogens is 1. The third kappa shape index (κ3) is 3.98. The van der Waals surface area contributed by atoms with Crippen molar-refractivity contribution in [3.8, 4) is 17.2 Å². The minimum Gasteiger partial charge on any atom is -0.487 e. The minimum absolute atomic E-state index is 0.0272. The maximum absolute atomic E-state index is 13.2. The molecule has 3 rings (SSSR count). The van der Waals surface area contributed by atoms with Crippen molar-refractivity contribution in [3.05, 3.63) is 71.9 Å². The van der Waals surface area contributed by atoms with Crippen LogP contribution in [0.4, 0.5) is 4.39 Å². The van der Waals surface area contributed by atoms with Gasteiger partial charge < -0.3 is 14.3 Å². The molecule has 0 saturated carbocycles. The summed E-state index contributed by atoms with van der Waals surface area (Å²) in [5.74, 6) is -0.314. The van der Waals surface area contributed by atoms with Gasteiger partial charge in [0.25, 0.3) is 0 Å². The van der Waals surface area contributed by atoms with E-state index in [1.807, 2.05) is 0 Å². The normalized spacial score (nSPS) is 10.5. The van der Waals surface area contributed by atoms with Crippen molar-refractivity contribution < 1.29 is 23.4 Å². The van der Waals surface area contributed by atoms with Crippen LogP contribution in [0, 0.1) is 5.82 Å². The topological polar surface area (TPSA) is 72.6 Å². The number of hydrogen-bond donors (Lipinski definition) is 1. The number of carbonyl (C=O) groups is 1. The average Bonchev–Trinajstić information content (AvgIpc) is 3.03.